The zero-order chi connectivity index (χ0) is 20.1. The van der Waals surface area contributed by atoms with Crippen LogP contribution in [0.25, 0.3) is 11.0 Å². The second kappa shape index (κ2) is 8.30. The third kappa shape index (κ3) is 4.32. The number of nitrogens with one attached hydrogen (secondary N) is 1. The van der Waals surface area contributed by atoms with Crippen molar-refractivity contribution in [2.75, 3.05) is 19.0 Å². The summed E-state index contributed by atoms with van der Waals surface area (Å²) >= 11 is 0. The molecule has 28 heavy (non-hydrogen) atoms. The SMILES string of the molecule is COC(=O)c1ccc(C)c(NC(=O)COC(=O)Cn2nnc3ccccc32)c1. The third-order valence-corrected chi connectivity index (χ3v) is 4.00. The van der Waals surface area contributed by atoms with E-state index in [2.05, 4.69) is 20.4 Å². The summed E-state index contributed by atoms with van der Waals surface area (Å²) in [5.74, 6) is -1.66. The average Bonchev–Trinajstić information content (AvgIpc) is 3.10. The van der Waals surface area contributed by atoms with Crippen LogP contribution in [0.2, 0.25) is 0 Å². The van der Waals surface area contributed by atoms with Crippen LogP contribution in [-0.2, 0) is 25.6 Å². The number of aryl methyl sites for hydroxylation is 1. The van der Waals surface area contributed by atoms with E-state index in [-0.39, 0.29) is 6.54 Å². The molecule has 0 aliphatic heterocycles. The lowest BCUT2D eigenvalue weighted by Gasteiger charge is -2.10. The Morgan fingerprint density at radius 2 is 1.93 bits per heavy atom. The largest absolute Gasteiger partial charge is 0.465 e. The highest BCUT2D eigenvalue weighted by Crippen LogP contribution is 2.17. The number of ether oxygens (including phenoxy) is 2. The summed E-state index contributed by atoms with van der Waals surface area (Å²) in [6, 6.07) is 12.0. The summed E-state index contributed by atoms with van der Waals surface area (Å²) in [6.45, 7) is 1.15. The molecule has 1 aromatic heterocycles. The number of anilines is 1. The predicted octanol–water partition coefficient (Wildman–Crippen LogP) is 1.71. The Balaban J connectivity index is 1.57. The molecule has 0 spiro atoms. The number of para-hydroxylation sites is 1. The van der Waals surface area contributed by atoms with Crippen LogP contribution in [0.3, 0.4) is 0 Å². The quantitative estimate of drug-likeness (QED) is 0.646. The molecule has 144 valence electrons. The fourth-order valence-corrected chi connectivity index (χ4v) is 2.54. The van der Waals surface area contributed by atoms with Crippen LogP contribution in [0.1, 0.15) is 15.9 Å². The normalized spacial score (nSPS) is 10.5. The van der Waals surface area contributed by atoms with Crippen molar-refractivity contribution >= 4 is 34.6 Å². The summed E-state index contributed by atoms with van der Waals surface area (Å²) in [5, 5.41) is 10.5. The molecule has 3 aromatic rings. The minimum Gasteiger partial charge on any atom is -0.465 e. The first-order valence-electron chi connectivity index (χ1n) is 8.40. The van der Waals surface area contributed by atoms with Gasteiger partial charge in [-0.1, -0.05) is 23.4 Å². The van der Waals surface area contributed by atoms with Gasteiger partial charge in [0, 0.05) is 5.69 Å². The summed E-state index contributed by atoms with van der Waals surface area (Å²) in [4.78, 5) is 35.7. The number of carbonyl (C=O) groups is 3. The maximum absolute atomic E-state index is 12.1. The number of carbonyl (C=O) groups excluding carboxylic acids is 3. The number of nitrogens with zero attached hydrogens (tertiary/aromatic N) is 3. The number of amides is 1. The highest BCUT2D eigenvalue weighted by atomic mass is 16.5. The van der Waals surface area contributed by atoms with E-state index in [9.17, 15) is 14.4 Å². The molecule has 0 saturated carbocycles. The van der Waals surface area contributed by atoms with E-state index in [1.165, 1.54) is 17.9 Å². The van der Waals surface area contributed by atoms with Crippen molar-refractivity contribution in [2.45, 2.75) is 13.5 Å². The molecule has 9 heteroatoms. The zero-order valence-electron chi connectivity index (χ0n) is 15.3. The van der Waals surface area contributed by atoms with Crippen molar-refractivity contribution in [1.29, 1.82) is 0 Å². The molecule has 2 aromatic carbocycles. The molecule has 0 aliphatic rings. The van der Waals surface area contributed by atoms with Crippen molar-refractivity contribution < 1.29 is 23.9 Å². The third-order valence-electron chi connectivity index (χ3n) is 4.00. The number of rotatable bonds is 6. The number of hydrogen-bond donors (Lipinski definition) is 1. The molecule has 1 amide bonds. The van der Waals surface area contributed by atoms with E-state index in [1.807, 2.05) is 12.1 Å². The summed E-state index contributed by atoms with van der Waals surface area (Å²) in [7, 11) is 1.28. The van der Waals surface area contributed by atoms with Crippen LogP contribution in [0.5, 0.6) is 0 Å². The Bertz CT molecular complexity index is 1040. The minimum atomic E-state index is -0.620. The summed E-state index contributed by atoms with van der Waals surface area (Å²) < 4.78 is 11.1. The highest BCUT2D eigenvalue weighted by Gasteiger charge is 2.14. The van der Waals surface area contributed by atoms with E-state index < -0.39 is 24.5 Å². The zero-order valence-corrected chi connectivity index (χ0v) is 15.3. The van der Waals surface area contributed by atoms with Crippen molar-refractivity contribution in [1.82, 2.24) is 15.0 Å². The van der Waals surface area contributed by atoms with Gasteiger partial charge in [-0.2, -0.15) is 0 Å². The molecule has 1 heterocycles. The van der Waals surface area contributed by atoms with Crippen molar-refractivity contribution in [3.05, 3.63) is 53.6 Å². The fourth-order valence-electron chi connectivity index (χ4n) is 2.54. The number of fused-ring (bicyclic) bond motifs is 1. The first-order valence-corrected chi connectivity index (χ1v) is 8.40. The molecule has 0 radical (unpaired) electrons. The highest BCUT2D eigenvalue weighted by molar-refractivity contribution is 5.96. The van der Waals surface area contributed by atoms with Crippen LogP contribution in [-0.4, -0.2) is 46.6 Å². The van der Waals surface area contributed by atoms with Gasteiger partial charge in [-0.3, -0.25) is 9.59 Å². The number of benzene rings is 2. The minimum absolute atomic E-state index is 0.162. The van der Waals surface area contributed by atoms with Gasteiger partial charge in [-0.25, -0.2) is 9.48 Å². The van der Waals surface area contributed by atoms with Gasteiger partial charge in [0.15, 0.2) is 6.61 Å². The second-order valence-corrected chi connectivity index (χ2v) is 5.97. The Morgan fingerprint density at radius 3 is 2.71 bits per heavy atom. The predicted molar refractivity (Wildman–Crippen MR) is 99.6 cm³/mol. The Morgan fingerprint density at radius 1 is 1.14 bits per heavy atom. The number of hydrogen-bond acceptors (Lipinski definition) is 7. The van der Waals surface area contributed by atoms with Crippen molar-refractivity contribution in [3.8, 4) is 0 Å². The van der Waals surface area contributed by atoms with Gasteiger partial charge in [0.25, 0.3) is 5.91 Å². The second-order valence-electron chi connectivity index (χ2n) is 5.97. The fraction of sp³-hybridized carbons (Fsp3) is 0.211. The van der Waals surface area contributed by atoms with Crippen molar-refractivity contribution in [2.24, 2.45) is 0 Å². The van der Waals surface area contributed by atoms with Crippen LogP contribution in [0.15, 0.2) is 42.5 Å². The first kappa shape index (κ1) is 19.0. The van der Waals surface area contributed by atoms with Crippen LogP contribution < -0.4 is 5.32 Å². The molecule has 0 fully saturated rings. The van der Waals surface area contributed by atoms with E-state index in [1.54, 1.807) is 31.2 Å². The summed E-state index contributed by atoms with van der Waals surface area (Å²) in [6.07, 6.45) is 0. The summed E-state index contributed by atoms with van der Waals surface area (Å²) in [5.41, 5.74) is 2.85. The van der Waals surface area contributed by atoms with Crippen LogP contribution >= 0.6 is 0 Å². The lowest BCUT2D eigenvalue weighted by molar-refractivity contribution is -0.148. The molecule has 0 bridgehead atoms. The van der Waals surface area contributed by atoms with Crippen LogP contribution in [0.4, 0.5) is 5.69 Å². The molecular weight excluding hydrogens is 364 g/mol. The molecular formula is C19H18N4O5. The smallest absolute Gasteiger partial charge is 0.337 e. The topological polar surface area (TPSA) is 112 Å². The Kier molecular flexibility index (Phi) is 5.64. The van der Waals surface area contributed by atoms with Gasteiger partial charge < -0.3 is 14.8 Å². The van der Waals surface area contributed by atoms with E-state index in [0.29, 0.717) is 22.3 Å². The molecule has 0 atom stereocenters. The molecule has 1 N–H and O–H groups in total. The average molecular weight is 382 g/mol. The molecule has 0 unspecified atom stereocenters. The van der Waals surface area contributed by atoms with Gasteiger partial charge in [0.05, 0.1) is 18.2 Å². The maximum atomic E-state index is 12.1. The molecule has 0 aliphatic carbocycles. The van der Waals surface area contributed by atoms with Gasteiger partial charge in [0.1, 0.15) is 12.1 Å². The Labute approximate surface area is 160 Å². The van der Waals surface area contributed by atoms with Gasteiger partial charge in [-0.05, 0) is 36.8 Å². The first-order chi connectivity index (χ1) is 13.5. The van der Waals surface area contributed by atoms with E-state index >= 15 is 0 Å². The number of aromatic nitrogens is 3. The van der Waals surface area contributed by atoms with Crippen LogP contribution in [0, 0.1) is 6.92 Å². The van der Waals surface area contributed by atoms with E-state index in [0.717, 1.165) is 5.56 Å². The van der Waals surface area contributed by atoms with Gasteiger partial charge in [-0.15, -0.1) is 5.10 Å². The molecule has 0 saturated heterocycles. The maximum Gasteiger partial charge on any atom is 0.337 e. The number of methoxy groups -OCH3 is 1. The number of esters is 2. The standard InChI is InChI=1S/C19H18N4O5/c1-12-7-8-13(19(26)27-2)9-15(12)20-17(24)11-28-18(25)10-23-16-6-4-3-5-14(16)21-22-23/h3-9H,10-11H2,1-2H3,(H,20,24). The lowest BCUT2D eigenvalue weighted by Crippen LogP contribution is -2.23. The van der Waals surface area contributed by atoms with E-state index in [4.69, 9.17) is 4.74 Å². The molecule has 9 nitrogen and oxygen atoms in total. The monoisotopic (exact) mass is 382 g/mol. The lowest BCUT2D eigenvalue weighted by atomic mass is 10.1. The van der Waals surface area contributed by atoms with Crippen molar-refractivity contribution in [3.63, 3.8) is 0 Å². The molecule has 3 rings (SSSR count). The van der Waals surface area contributed by atoms with Gasteiger partial charge >= 0.3 is 11.9 Å². The Hall–Kier alpha value is -3.75. The van der Waals surface area contributed by atoms with Gasteiger partial charge in [0.2, 0.25) is 0 Å².